The van der Waals surface area contributed by atoms with Crippen molar-refractivity contribution >= 4 is 17.0 Å². The Morgan fingerprint density at radius 2 is 1.94 bits per heavy atom. The Balaban J connectivity index is 1.89. The summed E-state index contributed by atoms with van der Waals surface area (Å²) >= 11 is 0. The van der Waals surface area contributed by atoms with E-state index >= 15 is 0 Å². The van der Waals surface area contributed by atoms with E-state index in [1.54, 1.807) is 11.8 Å². The molecule has 36 heavy (non-hydrogen) atoms. The monoisotopic (exact) mass is 493 g/mol. The molecule has 0 saturated heterocycles. The highest BCUT2D eigenvalue weighted by atomic mass is 19.1. The van der Waals surface area contributed by atoms with Crippen molar-refractivity contribution in [1.82, 2.24) is 9.96 Å². The minimum Gasteiger partial charge on any atom is -0.458 e. The van der Waals surface area contributed by atoms with Gasteiger partial charge in [0.25, 0.3) is 0 Å². The maximum absolute atomic E-state index is 14.1. The van der Waals surface area contributed by atoms with Gasteiger partial charge in [-0.2, -0.15) is 5.06 Å². The van der Waals surface area contributed by atoms with E-state index in [4.69, 9.17) is 15.0 Å². The fraction of sp³-hybridized carbons (Fsp3) is 0.357. The maximum Gasteiger partial charge on any atom is 0.354 e. The summed E-state index contributed by atoms with van der Waals surface area (Å²) in [6.07, 6.45) is 2.69. The normalized spacial score (nSPS) is 14.2. The summed E-state index contributed by atoms with van der Waals surface area (Å²) in [5.74, 6) is 0.357. The van der Waals surface area contributed by atoms with E-state index in [-0.39, 0.29) is 23.0 Å². The Bertz CT molecular complexity index is 1320. The molecule has 0 spiro atoms. The van der Waals surface area contributed by atoms with Gasteiger partial charge in [-0.05, 0) is 49.6 Å². The van der Waals surface area contributed by atoms with Gasteiger partial charge in [-0.15, -0.1) is 0 Å². The molecule has 0 aliphatic carbocycles. The van der Waals surface area contributed by atoms with E-state index in [2.05, 4.69) is 0 Å². The molecule has 0 bridgehead atoms. The van der Waals surface area contributed by atoms with Crippen molar-refractivity contribution in [3.8, 4) is 0 Å². The second-order valence-electron chi connectivity index (χ2n) is 9.35. The number of nitrogens with two attached hydrogens (primary N) is 1. The van der Waals surface area contributed by atoms with Crippen LogP contribution in [-0.2, 0) is 11.3 Å². The van der Waals surface area contributed by atoms with E-state index in [1.165, 1.54) is 23.3 Å². The molecule has 7 nitrogen and oxygen atoms in total. The van der Waals surface area contributed by atoms with Crippen LogP contribution in [0.5, 0.6) is 0 Å². The van der Waals surface area contributed by atoms with Crippen molar-refractivity contribution in [2.75, 3.05) is 19.6 Å². The molecule has 0 fully saturated rings. The molecule has 2 heterocycles. The molecule has 190 valence electrons. The average molecular weight is 494 g/mol. The summed E-state index contributed by atoms with van der Waals surface area (Å²) in [7, 11) is 0. The first-order valence-electron chi connectivity index (χ1n) is 12.2. The van der Waals surface area contributed by atoms with Gasteiger partial charge >= 0.3 is 6.03 Å². The zero-order valence-corrected chi connectivity index (χ0v) is 20.9. The van der Waals surface area contributed by atoms with Crippen molar-refractivity contribution in [2.24, 2.45) is 11.7 Å². The molecule has 0 saturated carbocycles. The van der Waals surface area contributed by atoms with Crippen LogP contribution in [0.3, 0.4) is 0 Å². The first-order valence-corrected chi connectivity index (χ1v) is 12.2. The van der Waals surface area contributed by atoms with Crippen molar-refractivity contribution in [1.29, 1.82) is 0 Å². The van der Waals surface area contributed by atoms with Gasteiger partial charge in [-0.1, -0.05) is 44.2 Å². The summed E-state index contributed by atoms with van der Waals surface area (Å²) in [5, 5.41) is 1.59. The number of hydrogen-bond donors (Lipinski definition) is 1. The average Bonchev–Trinajstić information content (AvgIpc) is 3.29. The van der Waals surface area contributed by atoms with Crippen LogP contribution in [0.2, 0.25) is 0 Å². The maximum atomic E-state index is 14.1. The number of rotatable bonds is 8. The zero-order chi connectivity index (χ0) is 25.8. The first-order chi connectivity index (χ1) is 17.3. The first kappa shape index (κ1) is 25.4. The smallest absolute Gasteiger partial charge is 0.354 e. The number of urea groups is 1. The third-order valence-electron chi connectivity index (χ3n) is 6.30. The number of hydrogen-bond acceptors (Lipinski definition) is 5. The molecule has 2 aromatic carbocycles. The zero-order valence-electron chi connectivity index (χ0n) is 20.9. The molecule has 8 heteroatoms. The largest absolute Gasteiger partial charge is 0.458 e. The quantitative estimate of drug-likeness (QED) is 0.469. The van der Waals surface area contributed by atoms with E-state index in [1.807, 2.05) is 50.3 Å². The lowest BCUT2D eigenvalue weighted by atomic mass is 9.92. The molecule has 1 atom stereocenters. The van der Waals surface area contributed by atoms with Gasteiger partial charge in [0.05, 0.1) is 18.0 Å². The SMILES string of the molecule is CC1=CCN(C(=O)N(CCCN)C(c2oc3cc(F)ccc3c(=O)c2Cc2ccccc2)C(C)C)O1. The Morgan fingerprint density at radius 1 is 1.19 bits per heavy atom. The summed E-state index contributed by atoms with van der Waals surface area (Å²) < 4.78 is 20.4. The lowest BCUT2D eigenvalue weighted by Gasteiger charge is -2.36. The number of nitrogens with zero attached hydrogens (tertiary/aromatic N) is 2. The number of fused-ring (bicyclic) bond motifs is 1. The third kappa shape index (κ3) is 5.28. The van der Waals surface area contributed by atoms with Gasteiger partial charge in [0.1, 0.15) is 22.9 Å². The molecule has 1 aliphatic heterocycles. The Labute approximate surface area is 209 Å². The number of benzene rings is 2. The number of halogens is 1. The number of hydroxylamine groups is 2. The minimum atomic E-state index is -0.604. The highest BCUT2D eigenvalue weighted by Crippen LogP contribution is 2.34. The second kappa shape index (κ2) is 11.0. The minimum absolute atomic E-state index is 0.132. The molecule has 1 aliphatic rings. The molecule has 3 aromatic rings. The third-order valence-corrected chi connectivity index (χ3v) is 6.30. The van der Waals surface area contributed by atoms with Gasteiger partial charge in [0.2, 0.25) is 0 Å². The van der Waals surface area contributed by atoms with Gasteiger partial charge in [0, 0.05) is 24.6 Å². The van der Waals surface area contributed by atoms with Crippen LogP contribution in [0.4, 0.5) is 9.18 Å². The van der Waals surface area contributed by atoms with Crippen molar-refractivity contribution in [3.05, 3.63) is 93.3 Å². The number of carbonyl (C=O) groups excluding carboxylic acids is 1. The molecule has 1 unspecified atom stereocenters. The Hall–Kier alpha value is -3.65. The van der Waals surface area contributed by atoms with Crippen LogP contribution in [-0.4, -0.2) is 35.6 Å². The highest BCUT2D eigenvalue weighted by Gasteiger charge is 2.36. The fourth-order valence-corrected chi connectivity index (χ4v) is 4.57. The second-order valence-corrected chi connectivity index (χ2v) is 9.35. The topological polar surface area (TPSA) is 89.0 Å². The van der Waals surface area contributed by atoms with Crippen LogP contribution in [0, 0.1) is 11.7 Å². The van der Waals surface area contributed by atoms with Crippen molar-refractivity contribution in [2.45, 2.75) is 39.7 Å². The van der Waals surface area contributed by atoms with E-state index < -0.39 is 11.9 Å². The van der Waals surface area contributed by atoms with Gasteiger partial charge in [-0.25, -0.2) is 9.18 Å². The number of allylic oxidation sites excluding steroid dienone is 1. The van der Waals surface area contributed by atoms with Crippen LogP contribution in [0.1, 0.15) is 50.1 Å². The Kier molecular flexibility index (Phi) is 7.74. The number of amides is 2. The van der Waals surface area contributed by atoms with E-state index in [0.717, 1.165) is 5.56 Å². The van der Waals surface area contributed by atoms with Gasteiger partial charge in [0.15, 0.2) is 5.43 Å². The van der Waals surface area contributed by atoms with Crippen molar-refractivity contribution < 1.29 is 18.4 Å². The standard InChI is InChI=1S/C28H32FN3O4/c1-18(2)25(31(14-7-13-30)28(34)32-15-12-19(3)36-32)27-23(16-20-8-5-4-6-9-20)26(33)22-11-10-21(29)17-24(22)35-27/h4-6,8-12,17-18,25H,7,13-16,30H2,1-3H3. The molecule has 2 amide bonds. The fourth-order valence-electron chi connectivity index (χ4n) is 4.57. The van der Waals surface area contributed by atoms with Crippen LogP contribution >= 0.6 is 0 Å². The Morgan fingerprint density at radius 3 is 2.58 bits per heavy atom. The molecular formula is C28H32FN3O4. The summed E-state index contributed by atoms with van der Waals surface area (Å²) in [6.45, 7) is 6.75. The lowest BCUT2D eigenvalue weighted by molar-refractivity contribution is -0.0645. The highest BCUT2D eigenvalue weighted by molar-refractivity contribution is 5.78. The van der Waals surface area contributed by atoms with E-state index in [9.17, 15) is 14.0 Å². The summed E-state index contributed by atoms with van der Waals surface area (Å²) in [6, 6.07) is 12.6. The van der Waals surface area contributed by atoms with Crippen LogP contribution in [0.15, 0.2) is 69.6 Å². The molecule has 0 radical (unpaired) electrons. The predicted molar refractivity (Wildman–Crippen MR) is 137 cm³/mol. The predicted octanol–water partition coefficient (Wildman–Crippen LogP) is 5.14. The van der Waals surface area contributed by atoms with E-state index in [0.29, 0.717) is 54.9 Å². The summed E-state index contributed by atoms with van der Waals surface area (Å²) in [5.41, 5.74) is 7.10. The van der Waals surface area contributed by atoms with Gasteiger partial charge < -0.3 is 19.9 Å². The molecule has 2 N–H and O–H groups in total. The van der Waals surface area contributed by atoms with Crippen LogP contribution in [0.25, 0.3) is 11.0 Å². The molecule has 1 aromatic heterocycles. The molecule has 4 rings (SSSR count). The van der Waals surface area contributed by atoms with Gasteiger partial charge in [-0.3, -0.25) is 4.79 Å². The lowest BCUT2D eigenvalue weighted by Crippen LogP contribution is -2.46. The molecular weight excluding hydrogens is 461 g/mol. The summed E-state index contributed by atoms with van der Waals surface area (Å²) in [4.78, 5) is 34.7. The number of carbonyl (C=O) groups is 1. The van der Waals surface area contributed by atoms with Crippen LogP contribution < -0.4 is 11.2 Å². The van der Waals surface area contributed by atoms with Crippen molar-refractivity contribution in [3.63, 3.8) is 0 Å².